The molecule has 0 aliphatic carbocycles. The van der Waals surface area contributed by atoms with Crippen molar-refractivity contribution in [2.24, 2.45) is 0 Å². The van der Waals surface area contributed by atoms with Crippen LogP contribution in [-0.2, 0) is 4.79 Å². The number of carboxylic acids is 1. The van der Waals surface area contributed by atoms with Gasteiger partial charge in [-0.05, 0) is 42.5 Å². The van der Waals surface area contributed by atoms with Crippen LogP contribution in [0.15, 0.2) is 47.4 Å². The van der Waals surface area contributed by atoms with Gasteiger partial charge in [-0.2, -0.15) is 0 Å². The number of carbonyl (C=O) groups is 2. The Balaban J connectivity index is 1.96. The Hall–Kier alpha value is -2.05. The minimum atomic E-state index is -1.17. The van der Waals surface area contributed by atoms with Crippen molar-refractivity contribution >= 4 is 40.9 Å². The highest BCUT2D eigenvalue weighted by Gasteiger charge is 2.11. The van der Waals surface area contributed by atoms with E-state index in [1.807, 2.05) is 0 Å². The molecule has 0 atom stereocenters. The molecule has 4 nitrogen and oxygen atoms in total. The quantitative estimate of drug-likeness (QED) is 0.810. The highest BCUT2D eigenvalue weighted by Crippen LogP contribution is 2.22. The Kier molecular flexibility index (Phi) is 5.41. The molecule has 1 amide bonds. The van der Waals surface area contributed by atoms with Crippen molar-refractivity contribution in [3.05, 3.63) is 58.9 Å². The average Bonchev–Trinajstić information content (AvgIpc) is 2.48. The number of carboxylic acid groups (broad SMARTS) is 1. The number of rotatable bonds is 5. The van der Waals surface area contributed by atoms with Gasteiger partial charge in [0.05, 0.1) is 16.3 Å². The molecular formula is C15H11ClFNO3S. The Labute approximate surface area is 135 Å². The molecule has 0 spiro atoms. The van der Waals surface area contributed by atoms with Crippen LogP contribution in [0.2, 0.25) is 5.02 Å². The summed E-state index contributed by atoms with van der Waals surface area (Å²) in [6.07, 6.45) is 0. The van der Waals surface area contributed by atoms with Crippen LogP contribution < -0.4 is 5.32 Å². The molecule has 2 rings (SSSR count). The van der Waals surface area contributed by atoms with Crippen LogP contribution in [0.3, 0.4) is 0 Å². The molecule has 22 heavy (non-hydrogen) atoms. The van der Waals surface area contributed by atoms with Crippen LogP contribution in [0, 0.1) is 5.82 Å². The molecule has 2 N–H and O–H groups in total. The van der Waals surface area contributed by atoms with Crippen molar-refractivity contribution < 1.29 is 19.1 Å². The van der Waals surface area contributed by atoms with Gasteiger partial charge in [0.25, 0.3) is 0 Å². The van der Waals surface area contributed by atoms with Gasteiger partial charge < -0.3 is 10.4 Å². The summed E-state index contributed by atoms with van der Waals surface area (Å²) >= 11 is 7.00. The normalized spacial score (nSPS) is 10.3. The molecule has 7 heteroatoms. The van der Waals surface area contributed by atoms with E-state index in [1.54, 1.807) is 12.1 Å². The summed E-state index contributed by atoms with van der Waals surface area (Å²) in [6.45, 7) is 0. The lowest BCUT2D eigenvalue weighted by Crippen LogP contribution is -2.14. The molecular weight excluding hydrogens is 329 g/mol. The predicted octanol–water partition coefficient (Wildman–Crippen LogP) is 3.91. The lowest BCUT2D eigenvalue weighted by Gasteiger charge is -2.07. The SMILES string of the molecule is O=C(CSc1ccc(F)cc1)Nc1ccc(Cl)c(C(=O)O)c1. The van der Waals surface area contributed by atoms with Gasteiger partial charge in [-0.1, -0.05) is 11.6 Å². The molecule has 0 fully saturated rings. The van der Waals surface area contributed by atoms with E-state index in [-0.39, 0.29) is 28.1 Å². The van der Waals surface area contributed by atoms with Crippen molar-refractivity contribution in [2.45, 2.75) is 4.90 Å². The fourth-order valence-electron chi connectivity index (χ4n) is 1.64. The van der Waals surface area contributed by atoms with Crippen LogP contribution in [0.25, 0.3) is 0 Å². The summed E-state index contributed by atoms with van der Waals surface area (Å²) in [6, 6.07) is 10.0. The number of thioether (sulfide) groups is 1. The highest BCUT2D eigenvalue weighted by atomic mass is 35.5. The Bertz CT molecular complexity index is 706. The van der Waals surface area contributed by atoms with Crippen LogP contribution in [0.1, 0.15) is 10.4 Å². The number of aromatic carboxylic acids is 1. The van der Waals surface area contributed by atoms with E-state index >= 15 is 0 Å². The van der Waals surface area contributed by atoms with Crippen molar-refractivity contribution in [2.75, 3.05) is 11.1 Å². The topological polar surface area (TPSA) is 66.4 Å². The van der Waals surface area contributed by atoms with Crippen LogP contribution in [-0.4, -0.2) is 22.7 Å². The summed E-state index contributed by atoms with van der Waals surface area (Å²) in [5.74, 6) is -1.68. The summed E-state index contributed by atoms with van der Waals surface area (Å²) < 4.78 is 12.8. The van der Waals surface area contributed by atoms with Crippen molar-refractivity contribution in [3.63, 3.8) is 0 Å². The van der Waals surface area contributed by atoms with Crippen molar-refractivity contribution in [3.8, 4) is 0 Å². The summed E-state index contributed by atoms with van der Waals surface area (Å²) in [4.78, 5) is 23.6. The maximum atomic E-state index is 12.8. The molecule has 0 radical (unpaired) electrons. The van der Waals surface area contributed by atoms with Crippen LogP contribution in [0.5, 0.6) is 0 Å². The number of nitrogens with one attached hydrogen (secondary N) is 1. The highest BCUT2D eigenvalue weighted by molar-refractivity contribution is 8.00. The van der Waals surface area contributed by atoms with E-state index in [4.69, 9.17) is 16.7 Å². The number of carbonyl (C=O) groups excluding carboxylic acids is 1. The Morgan fingerprint density at radius 1 is 1.18 bits per heavy atom. The van der Waals surface area contributed by atoms with E-state index in [0.29, 0.717) is 5.69 Å². The summed E-state index contributed by atoms with van der Waals surface area (Å²) in [7, 11) is 0. The lowest BCUT2D eigenvalue weighted by molar-refractivity contribution is -0.113. The Morgan fingerprint density at radius 3 is 2.50 bits per heavy atom. The standard InChI is InChI=1S/C15H11ClFNO3S/c16-13-6-3-10(7-12(13)15(20)21)18-14(19)8-22-11-4-1-9(17)2-5-11/h1-7H,8H2,(H,18,19)(H,20,21). The number of hydrogen-bond donors (Lipinski definition) is 2. The fourth-order valence-corrected chi connectivity index (χ4v) is 2.54. The molecule has 0 heterocycles. The lowest BCUT2D eigenvalue weighted by atomic mass is 10.2. The van der Waals surface area contributed by atoms with E-state index < -0.39 is 5.97 Å². The summed E-state index contributed by atoms with van der Waals surface area (Å²) in [5, 5.41) is 11.7. The fraction of sp³-hybridized carbons (Fsp3) is 0.0667. The van der Waals surface area contributed by atoms with Gasteiger partial charge in [0, 0.05) is 10.6 Å². The summed E-state index contributed by atoms with van der Waals surface area (Å²) in [5.41, 5.74) is 0.275. The number of halogens is 2. The average molecular weight is 340 g/mol. The molecule has 0 saturated carbocycles. The molecule has 0 aromatic heterocycles. The van der Waals surface area contributed by atoms with E-state index in [2.05, 4.69) is 5.32 Å². The maximum Gasteiger partial charge on any atom is 0.337 e. The zero-order chi connectivity index (χ0) is 16.1. The first-order chi connectivity index (χ1) is 10.5. The zero-order valence-electron chi connectivity index (χ0n) is 11.2. The van der Waals surface area contributed by atoms with Crippen LogP contribution in [0.4, 0.5) is 10.1 Å². The number of anilines is 1. The van der Waals surface area contributed by atoms with Gasteiger partial charge in [0.2, 0.25) is 5.91 Å². The molecule has 2 aromatic rings. The number of hydrogen-bond acceptors (Lipinski definition) is 3. The third-order valence-electron chi connectivity index (χ3n) is 2.66. The first kappa shape index (κ1) is 16.3. The Morgan fingerprint density at radius 2 is 1.86 bits per heavy atom. The van der Waals surface area contributed by atoms with E-state index in [1.165, 1.54) is 42.1 Å². The molecule has 0 bridgehead atoms. The van der Waals surface area contributed by atoms with Gasteiger partial charge in [-0.15, -0.1) is 11.8 Å². The minimum Gasteiger partial charge on any atom is -0.478 e. The van der Waals surface area contributed by atoms with Gasteiger partial charge in [0.15, 0.2) is 0 Å². The second-order valence-electron chi connectivity index (χ2n) is 4.29. The molecule has 0 aliphatic rings. The molecule has 0 unspecified atom stereocenters. The first-order valence-electron chi connectivity index (χ1n) is 6.17. The monoisotopic (exact) mass is 339 g/mol. The molecule has 0 saturated heterocycles. The predicted molar refractivity (Wildman–Crippen MR) is 84.2 cm³/mol. The van der Waals surface area contributed by atoms with E-state index in [0.717, 1.165) is 4.90 Å². The maximum absolute atomic E-state index is 12.8. The van der Waals surface area contributed by atoms with Crippen LogP contribution >= 0.6 is 23.4 Å². The molecule has 0 aliphatic heterocycles. The third kappa shape index (κ3) is 4.47. The second-order valence-corrected chi connectivity index (χ2v) is 5.75. The van der Waals surface area contributed by atoms with Gasteiger partial charge in [0.1, 0.15) is 5.82 Å². The van der Waals surface area contributed by atoms with Gasteiger partial charge in [-0.25, -0.2) is 9.18 Å². The minimum absolute atomic E-state index is 0.0781. The first-order valence-corrected chi connectivity index (χ1v) is 7.53. The largest absolute Gasteiger partial charge is 0.478 e. The van der Waals surface area contributed by atoms with Crippen molar-refractivity contribution in [1.29, 1.82) is 0 Å². The van der Waals surface area contributed by atoms with Gasteiger partial charge in [-0.3, -0.25) is 4.79 Å². The van der Waals surface area contributed by atoms with Gasteiger partial charge >= 0.3 is 5.97 Å². The third-order valence-corrected chi connectivity index (χ3v) is 4.01. The number of benzene rings is 2. The number of amides is 1. The molecule has 114 valence electrons. The van der Waals surface area contributed by atoms with E-state index in [9.17, 15) is 14.0 Å². The molecule has 2 aromatic carbocycles. The second kappa shape index (κ2) is 7.29. The zero-order valence-corrected chi connectivity index (χ0v) is 12.7. The van der Waals surface area contributed by atoms with Crippen molar-refractivity contribution in [1.82, 2.24) is 0 Å². The smallest absolute Gasteiger partial charge is 0.337 e.